The summed E-state index contributed by atoms with van der Waals surface area (Å²) in [5, 5.41) is 0. The van der Waals surface area contributed by atoms with Crippen molar-refractivity contribution in [3.8, 4) is 0 Å². The minimum Gasteiger partial charge on any atom is -0.369 e. The summed E-state index contributed by atoms with van der Waals surface area (Å²) in [7, 11) is 0. The van der Waals surface area contributed by atoms with E-state index in [1.165, 1.54) is 35.0 Å². The van der Waals surface area contributed by atoms with Crippen LogP contribution >= 0.6 is 15.9 Å². The van der Waals surface area contributed by atoms with Gasteiger partial charge in [0.15, 0.2) is 0 Å². The summed E-state index contributed by atoms with van der Waals surface area (Å²) in [6, 6.07) is 7.40. The lowest BCUT2D eigenvalue weighted by molar-refractivity contribution is 0.625. The number of hydrogen-bond acceptors (Lipinski definition) is 2. The first-order valence-corrected chi connectivity index (χ1v) is 8.55. The fourth-order valence-corrected chi connectivity index (χ4v) is 2.97. The van der Waals surface area contributed by atoms with E-state index in [0.29, 0.717) is 6.04 Å². The van der Waals surface area contributed by atoms with Gasteiger partial charge in [-0.25, -0.2) is 0 Å². The first-order chi connectivity index (χ1) is 9.45. The molecule has 0 saturated heterocycles. The zero-order valence-corrected chi connectivity index (χ0v) is 14.9. The fourth-order valence-electron chi connectivity index (χ4n) is 2.44. The average molecular weight is 341 g/mol. The van der Waals surface area contributed by atoms with E-state index >= 15 is 0 Å². The number of halogens is 1. The van der Waals surface area contributed by atoms with Gasteiger partial charge in [0.05, 0.1) is 0 Å². The van der Waals surface area contributed by atoms with E-state index in [1.807, 2.05) is 6.92 Å². The van der Waals surface area contributed by atoms with Crippen LogP contribution in [0.25, 0.3) is 0 Å². The summed E-state index contributed by atoms with van der Waals surface area (Å²) in [6.07, 6.45) is 4.74. The Morgan fingerprint density at radius 2 is 1.90 bits per heavy atom. The van der Waals surface area contributed by atoms with E-state index in [9.17, 15) is 0 Å². The monoisotopic (exact) mass is 340 g/mol. The molecule has 0 saturated carbocycles. The van der Waals surface area contributed by atoms with Gasteiger partial charge in [-0.05, 0) is 51.3 Å². The summed E-state index contributed by atoms with van der Waals surface area (Å²) >= 11 is 3.69. The van der Waals surface area contributed by atoms with Crippen LogP contribution in [0.4, 0.5) is 5.69 Å². The smallest absolute Gasteiger partial charge is 0.0380 e. The van der Waals surface area contributed by atoms with Crippen LogP contribution in [0, 0.1) is 0 Å². The van der Waals surface area contributed by atoms with E-state index < -0.39 is 0 Å². The Bertz CT molecular complexity index is 402. The highest BCUT2D eigenvalue weighted by Crippen LogP contribution is 2.26. The molecule has 20 heavy (non-hydrogen) atoms. The molecule has 2 nitrogen and oxygen atoms in total. The van der Waals surface area contributed by atoms with Crippen LogP contribution < -0.4 is 10.6 Å². The molecule has 114 valence electrons. The maximum Gasteiger partial charge on any atom is 0.0380 e. The molecular formula is C17H29BrN2. The zero-order valence-electron chi connectivity index (χ0n) is 13.3. The van der Waals surface area contributed by atoms with E-state index in [4.69, 9.17) is 5.73 Å². The van der Waals surface area contributed by atoms with Crippen molar-refractivity contribution in [1.29, 1.82) is 0 Å². The molecule has 0 fully saturated rings. The van der Waals surface area contributed by atoms with E-state index in [2.05, 4.69) is 59.8 Å². The topological polar surface area (TPSA) is 29.3 Å². The summed E-state index contributed by atoms with van der Waals surface area (Å²) < 4.78 is 1.17. The van der Waals surface area contributed by atoms with Crippen LogP contribution in [-0.2, 0) is 6.42 Å². The van der Waals surface area contributed by atoms with Gasteiger partial charge >= 0.3 is 0 Å². The second kappa shape index (κ2) is 8.68. The van der Waals surface area contributed by atoms with Gasteiger partial charge in [-0.15, -0.1) is 0 Å². The Balaban J connectivity index is 2.83. The molecule has 0 amide bonds. The van der Waals surface area contributed by atoms with Gasteiger partial charge in [0.1, 0.15) is 0 Å². The average Bonchev–Trinajstić information content (AvgIpc) is 2.36. The molecule has 0 heterocycles. The summed E-state index contributed by atoms with van der Waals surface area (Å²) in [6.45, 7) is 9.95. The molecular weight excluding hydrogens is 312 g/mol. The normalized spacial score (nSPS) is 12.8. The summed E-state index contributed by atoms with van der Waals surface area (Å²) in [4.78, 5) is 2.48. The van der Waals surface area contributed by atoms with Crippen LogP contribution in [0.3, 0.4) is 0 Å². The van der Waals surface area contributed by atoms with Gasteiger partial charge in [-0.1, -0.05) is 41.8 Å². The predicted octanol–water partition coefficient (Wildman–Crippen LogP) is 4.74. The van der Waals surface area contributed by atoms with Crippen LogP contribution in [0.5, 0.6) is 0 Å². The first kappa shape index (κ1) is 17.5. The lowest BCUT2D eigenvalue weighted by atomic mass is 10.1. The molecule has 0 aliphatic heterocycles. The number of benzene rings is 1. The van der Waals surface area contributed by atoms with Gasteiger partial charge in [-0.2, -0.15) is 0 Å². The first-order valence-electron chi connectivity index (χ1n) is 7.76. The third kappa shape index (κ3) is 5.45. The van der Waals surface area contributed by atoms with Crippen molar-refractivity contribution in [2.75, 3.05) is 11.4 Å². The van der Waals surface area contributed by atoms with Crippen molar-refractivity contribution >= 4 is 21.6 Å². The van der Waals surface area contributed by atoms with Crippen molar-refractivity contribution in [3.05, 3.63) is 28.2 Å². The fraction of sp³-hybridized carbons (Fsp3) is 0.647. The molecule has 2 N–H and O–H groups in total. The van der Waals surface area contributed by atoms with Crippen molar-refractivity contribution in [1.82, 2.24) is 0 Å². The molecule has 1 rings (SSSR count). The highest BCUT2D eigenvalue weighted by atomic mass is 79.9. The molecule has 0 bridgehead atoms. The Morgan fingerprint density at radius 1 is 1.20 bits per heavy atom. The minimum absolute atomic E-state index is 0.197. The lowest BCUT2D eigenvalue weighted by Crippen LogP contribution is -2.31. The van der Waals surface area contributed by atoms with Crippen LogP contribution in [0.15, 0.2) is 22.7 Å². The molecule has 3 heteroatoms. The van der Waals surface area contributed by atoms with E-state index in [1.54, 1.807) is 0 Å². The molecule has 0 aromatic heterocycles. The number of nitrogens with two attached hydrogens (primary N) is 1. The van der Waals surface area contributed by atoms with Crippen molar-refractivity contribution in [3.63, 3.8) is 0 Å². The van der Waals surface area contributed by atoms with Gasteiger partial charge in [-0.3, -0.25) is 0 Å². The Kier molecular flexibility index (Phi) is 7.60. The maximum atomic E-state index is 5.89. The maximum absolute atomic E-state index is 5.89. The number of rotatable bonds is 8. The van der Waals surface area contributed by atoms with Crippen molar-refractivity contribution < 1.29 is 0 Å². The van der Waals surface area contributed by atoms with E-state index in [-0.39, 0.29) is 6.04 Å². The number of anilines is 1. The molecule has 0 radical (unpaired) electrons. The summed E-state index contributed by atoms with van der Waals surface area (Å²) in [5.74, 6) is 0. The Hall–Kier alpha value is -0.540. The summed E-state index contributed by atoms with van der Waals surface area (Å²) in [5.41, 5.74) is 8.48. The van der Waals surface area contributed by atoms with Gasteiger partial charge in [0.25, 0.3) is 0 Å². The van der Waals surface area contributed by atoms with Crippen molar-refractivity contribution in [2.45, 2.75) is 65.5 Å². The largest absolute Gasteiger partial charge is 0.369 e. The highest BCUT2D eigenvalue weighted by molar-refractivity contribution is 9.10. The molecule has 1 atom stereocenters. The molecule has 0 spiro atoms. The third-order valence-electron chi connectivity index (χ3n) is 3.54. The van der Waals surface area contributed by atoms with Gasteiger partial charge < -0.3 is 10.6 Å². The second-order valence-electron chi connectivity index (χ2n) is 5.95. The van der Waals surface area contributed by atoms with Crippen LogP contribution in [0.2, 0.25) is 0 Å². The number of unbranched alkanes of at least 4 members (excludes halogenated alkanes) is 2. The Morgan fingerprint density at radius 3 is 2.40 bits per heavy atom. The highest BCUT2D eigenvalue weighted by Gasteiger charge is 2.12. The molecule has 1 aromatic carbocycles. The standard InChI is InChI=1S/C17H29BrN2/c1-5-6-7-10-20(13(2)3)16-9-8-15(11-14(4)19)17(18)12-16/h8-9,12-14H,5-7,10-11,19H2,1-4H3. The molecule has 0 aliphatic rings. The molecule has 1 unspecified atom stereocenters. The lowest BCUT2D eigenvalue weighted by Gasteiger charge is -2.29. The minimum atomic E-state index is 0.197. The molecule has 1 aromatic rings. The van der Waals surface area contributed by atoms with E-state index in [0.717, 1.165) is 13.0 Å². The van der Waals surface area contributed by atoms with Crippen molar-refractivity contribution in [2.24, 2.45) is 5.73 Å². The van der Waals surface area contributed by atoms with Gasteiger partial charge in [0, 0.05) is 28.8 Å². The number of nitrogens with zero attached hydrogens (tertiary/aromatic N) is 1. The predicted molar refractivity (Wildman–Crippen MR) is 93.5 cm³/mol. The third-order valence-corrected chi connectivity index (χ3v) is 4.27. The zero-order chi connectivity index (χ0) is 15.1. The van der Waals surface area contributed by atoms with Crippen LogP contribution in [-0.4, -0.2) is 18.6 Å². The Labute approximate surface area is 132 Å². The molecule has 0 aliphatic carbocycles. The van der Waals surface area contributed by atoms with Crippen LogP contribution in [0.1, 0.15) is 52.5 Å². The second-order valence-corrected chi connectivity index (χ2v) is 6.81. The number of hydrogen-bond donors (Lipinski definition) is 1. The van der Waals surface area contributed by atoms with Gasteiger partial charge in [0.2, 0.25) is 0 Å². The SMILES string of the molecule is CCCCCN(c1ccc(CC(C)N)c(Br)c1)C(C)C. The quantitative estimate of drug-likeness (QED) is 0.692.